The van der Waals surface area contributed by atoms with Crippen molar-refractivity contribution in [2.75, 3.05) is 11.6 Å². The third-order valence-corrected chi connectivity index (χ3v) is 3.15. The summed E-state index contributed by atoms with van der Waals surface area (Å²) in [6.07, 6.45) is 0. The molecule has 0 bridgehead atoms. The second-order valence-corrected chi connectivity index (χ2v) is 4.60. The summed E-state index contributed by atoms with van der Waals surface area (Å²) >= 11 is 1.02. The molecular weight excluding hydrogens is 256 g/mol. The number of nitrogens with zero attached hydrogens (tertiary/aromatic N) is 5. The smallest absolute Gasteiger partial charge is 0.313 e. The highest BCUT2D eigenvalue weighted by molar-refractivity contribution is 7.99. The highest BCUT2D eigenvalue weighted by Crippen LogP contribution is 2.21. The van der Waals surface area contributed by atoms with Crippen molar-refractivity contribution in [2.24, 2.45) is 7.05 Å². The lowest BCUT2D eigenvalue weighted by atomic mass is 10.3. The molecule has 96 valence electrons. The van der Waals surface area contributed by atoms with Crippen molar-refractivity contribution >= 4 is 17.7 Å². The molecule has 0 radical (unpaired) electrons. The number of nitrogens with two attached hydrogens (primary N) is 1. The molecule has 2 heterocycles. The Labute approximate surface area is 107 Å². The average molecular weight is 268 g/mol. The van der Waals surface area contributed by atoms with E-state index in [1.54, 1.807) is 11.7 Å². The zero-order chi connectivity index (χ0) is 13.3. The zero-order valence-corrected chi connectivity index (χ0v) is 10.7. The first-order valence-electron chi connectivity index (χ1n) is 5.05. The molecule has 8 nitrogen and oxygen atoms in total. The van der Waals surface area contributed by atoms with Crippen LogP contribution in [0.5, 0.6) is 0 Å². The molecule has 0 spiro atoms. The number of aryl methyl sites for hydroxylation is 2. The summed E-state index contributed by atoms with van der Waals surface area (Å²) in [6.45, 7) is 1.86. The lowest BCUT2D eigenvalue weighted by Gasteiger charge is -2.02. The fraction of sp³-hybridized carbons (Fsp3) is 0.333. The molecule has 9 heteroatoms. The van der Waals surface area contributed by atoms with Gasteiger partial charge in [-0.15, -0.1) is 10.2 Å². The number of carboxylic acids is 1. The molecule has 0 fully saturated rings. The van der Waals surface area contributed by atoms with Gasteiger partial charge in [0, 0.05) is 7.05 Å². The van der Waals surface area contributed by atoms with Gasteiger partial charge in [0.15, 0.2) is 0 Å². The second kappa shape index (κ2) is 4.69. The summed E-state index contributed by atoms with van der Waals surface area (Å²) in [7, 11) is 1.78. The molecule has 0 unspecified atom stereocenters. The first-order valence-corrected chi connectivity index (χ1v) is 6.03. The number of nitrogen functional groups attached to an aromatic ring is 1. The summed E-state index contributed by atoms with van der Waals surface area (Å²) in [5, 5.41) is 21.0. The van der Waals surface area contributed by atoms with Crippen LogP contribution in [0.15, 0.2) is 11.2 Å². The molecule has 2 aromatic heterocycles. The van der Waals surface area contributed by atoms with E-state index < -0.39 is 5.97 Å². The Morgan fingerprint density at radius 2 is 2.28 bits per heavy atom. The molecule has 0 aromatic carbocycles. The van der Waals surface area contributed by atoms with Gasteiger partial charge in [-0.1, -0.05) is 11.8 Å². The molecule has 0 aliphatic carbocycles. The van der Waals surface area contributed by atoms with E-state index in [4.69, 9.17) is 10.9 Å². The van der Waals surface area contributed by atoms with Crippen LogP contribution in [0.3, 0.4) is 0 Å². The normalized spacial score (nSPS) is 10.8. The first-order chi connectivity index (χ1) is 8.49. The van der Waals surface area contributed by atoms with Crippen LogP contribution < -0.4 is 5.84 Å². The summed E-state index contributed by atoms with van der Waals surface area (Å²) in [5.74, 6) is 5.25. The van der Waals surface area contributed by atoms with E-state index >= 15 is 0 Å². The third-order valence-electron chi connectivity index (χ3n) is 2.22. The Balaban J connectivity index is 2.30. The largest absolute Gasteiger partial charge is 0.481 e. The summed E-state index contributed by atoms with van der Waals surface area (Å²) in [4.78, 5) is 10.5. The minimum Gasteiger partial charge on any atom is -0.481 e. The van der Waals surface area contributed by atoms with Crippen molar-refractivity contribution in [2.45, 2.75) is 12.1 Å². The number of aromatic nitrogens is 5. The average Bonchev–Trinajstić information content (AvgIpc) is 2.79. The number of hydrogen-bond acceptors (Lipinski definition) is 6. The Morgan fingerprint density at radius 3 is 2.83 bits per heavy atom. The topological polar surface area (TPSA) is 112 Å². The van der Waals surface area contributed by atoms with Crippen molar-refractivity contribution in [3.05, 3.63) is 11.8 Å². The van der Waals surface area contributed by atoms with E-state index in [0.29, 0.717) is 11.0 Å². The van der Waals surface area contributed by atoms with Gasteiger partial charge >= 0.3 is 5.97 Å². The highest BCUT2D eigenvalue weighted by atomic mass is 32.2. The molecule has 2 rings (SSSR count). The number of aliphatic carboxylic acids is 1. The van der Waals surface area contributed by atoms with Crippen molar-refractivity contribution < 1.29 is 9.90 Å². The standard InChI is InChI=1S/C9H12N6O2S/c1-5-3-6(14(2)13-5)8-11-12-9(15(8)10)18-4-7(16)17/h3H,4,10H2,1-2H3,(H,16,17). The maximum Gasteiger partial charge on any atom is 0.313 e. The van der Waals surface area contributed by atoms with Crippen molar-refractivity contribution in [1.82, 2.24) is 24.7 Å². The highest BCUT2D eigenvalue weighted by Gasteiger charge is 2.16. The van der Waals surface area contributed by atoms with Gasteiger partial charge in [-0.25, -0.2) is 4.68 Å². The Hall–Kier alpha value is -2.03. The molecule has 0 aliphatic heterocycles. The van der Waals surface area contributed by atoms with Gasteiger partial charge < -0.3 is 10.9 Å². The fourth-order valence-electron chi connectivity index (χ4n) is 1.50. The lowest BCUT2D eigenvalue weighted by Crippen LogP contribution is -2.13. The quantitative estimate of drug-likeness (QED) is 0.587. The predicted octanol–water partition coefficient (Wildman–Crippen LogP) is -0.122. The van der Waals surface area contributed by atoms with Crippen LogP contribution in [0.4, 0.5) is 0 Å². The van der Waals surface area contributed by atoms with E-state index in [-0.39, 0.29) is 5.75 Å². The van der Waals surface area contributed by atoms with Crippen LogP contribution in [-0.2, 0) is 11.8 Å². The summed E-state index contributed by atoms with van der Waals surface area (Å²) in [5.41, 5.74) is 1.57. The Bertz CT molecular complexity index is 590. The summed E-state index contributed by atoms with van der Waals surface area (Å²) < 4.78 is 2.92. The van der Waals surface area contributed by atoms with Gasteiger partial charge in [0.25, 0.3) is 0 Å². The molecule has 0 aliphatic rings. The minimum atomic E-state index is -0.930. The van der Waals surface area contributed by atoms with E-state index in [0.717, 1.165) is 23.1 Å². The van der Waals surface area contributed by atoms with E-state index in [9.17, 15) is 4.79 Å². The van der Waals surface area contributed by atoms with Crippen LogP contribution in [0.25, 0.3) is 11.5 Å². The molecular formula is C9H12N6O2S. The molecule has 0 saturated heterocycles. The van der Waals surface area contributed by atoms with E-state index in [1.807, 2.05) is 13.0 Å². The maximum atomic E-state index is 10.5. The molecule has 0 amide bonds. The summed E-state index contributed by atoms with van der Waals surface area (Å²) in [6, 6.07) is 1.83. The van der Waals surface area contributed by atoms with Crippen LogP contribution in [0.2, 0.25) is 0 Å². The van der Waals surface area contributed by atoms with Crippen molar-refractivity contribution in [3.8, 4) is 11.5 Å². The Morgan fingerprint density at radius 1 is 1.56 bits per heavy atom. The van der Waals surface area contributed by atoms with Crippen LogP contribution in [0, 0.1) is 6.92 Å². The zero-order valence-electron chi connectivity index (χ0n) is 9.86. The first kappa shape index (κ1) is 12.4. The van der Waals surface area contributed by atoms with Gasteiger partial charge in [0.05, 0.1) is 11.4 Å². The second-order valence-electron chi connectivity index (χ2n) is 3.65. The van der Waals surface area contributed by atoms with Gasteiger partial charge in [0.2, 0.25) is 11.0 Å². The Kier molecular flexibility index (Phi) is 3.24. The number of carboxylic acid groups (broad SMARTS) is 1. The number of carbonyl (C=O) groups is 1. The lowest BCUT2D eigenvalue weighted by molar-refractivity contribution is -0.133. The molecule has 18 heavy (non-hydrogen) atoms. The van der Waals surface area contributed by atoms with Crippen molar-refractivity contribution in [3.63, 3.8) is 0 Å². The van der Waals surface area contributed by atoms with Crippen molar-refractivity contribution in [1.29, 1.82) is 0 Å². The SMILES string of the molecule is Cc1cc(-c2nnc(SCC(=O)O)n2N)n(C)n1. The van der Waals surface area contributed by atoms with Crippen LogP contribution in [0.1, 0.15) is 5.69 Å². The minimum absolute atomic E-state index is 0.111. The van der Waals surface area contributed by atoms with Gasteiger partial charge in [-0.2, -0.15) is 5.10 Å². The van der Waals surface area contributed by atoms with E-state index in [2.05, 4.69) is 15.3 Å². The van der Waals surface area contributed by atoms with Gasteiger partial charge in [-0.05, 0) is 13.0 Å². The van der Waals surface area contributed by atoms with Gasteiger partial charge in [0.1, 0.15) is 5.69 Å². The number of rotatable bonds is 4. The van der Waals surface area contributed by atoms with E-state index in [1.165, 1.54) is 4.68 Å². The molecule has 0 saturated carbocycles. The predicted molar refractivity (Wildman–Crippen MR) is 65.5 cm³/mol. The molecule has 2 aromatic rings. The van der Waals surface area contributed by atoms with Gasteiger partial charge in [-0.3, -0.25) is 9.48 Å². The fourth-order valence-corrected chi connectivity index (χ4v) is 2.07. The molecule has 0 atom stereocenters. The number of thioether (sulfide) groups is 1. The molecule has 3 N–H and O–H groups in total. The maximum absolute atomic E-state index is 10.5. The van der Waals surface area contributed by atoms with Crippen LogP contribution in [-0.4, -0.2) is 41.5 Å². The monoisotopic (exact) mass is 268 g/mol. The number of hydrogen-bond donors (Lipinski definition) is 2. The van der Waals surface area contributed by atoms with Crippen LogP contribution >= 0.6 is 11.8 Å². The third kappa shape index (κ3) is 2.30.